The molecule has 3 nitrogen and oxygen atoms in total. The summed E-state index contributed by atoms with van der Waals surface area (Å²) in [4.78, 5) is 14.2. The van der Waals surface area contributed by atoms with E-state index in [-0.39, 0.29) is 17.9 Å². The van der Waals surface area contributed by atoms with Gasteiger partial charge in [-0.1, -0.05) is 36.8 Å². The number of rotatable bonds is 3. The molecule has 0 aromatic heterocycles. The molecule has 1 amide bonds. The van der Waals surface area contributed by atoms with Crippen LogP contribution in [0.1, 0.15) is 30.9 Å². The lowest BCUT2D eigenvalue weighted by atomic mass is 9.92. The molecule has 1 N–H and O–H groups in total. The third kappa shape index (κ3) is 3.57. The van der Waals surface area contributed by atoms with Gasteiger partial charge in [-0.2, -0.15) is 0 Å². The first-order valence-electron chi connectivity index (χ1n) is 7.11. The predicted molar refractivity (Wildman–Crippen MR) is 75.9 cm³/mol. The Kier molecular flexibility index (Phi) is 4.59. The van der Waals surface area contributed by atoms with Gasteiger partial charge >= 0.3 is 0 Å². The van der Waals surface area contributed by atoms with Crippen molar-refractivity contribution in [3.63, 3.8) is 0 Å². The van der Waals surface area contributed by atoms with E-state index < -0.39 is 0 Å². The van der Waals surface area contributed by atoms with Crippen molar-refractivity contribution in [2.45, 2.75) is 39.2 Å². The minimum absolute atomic E-state index is 0.177. The van der Waals surface area contributed by atoms with Crippen LogP contribution in [-0.4, -0.2) is 35.1 Å². The number of carbonyl (C=O) groups is 1. The van der Waals surface area contributed by atoms with Crippen molar-refractivity contribution in [3.8, 4) is 0 Å². The van der Waals surface area contributed by atoms with Crippen LogP contribution < -0.4 is 0 Å². The van der Waals surface area contributed by atoms with Crippen LogP contribution in [0, 0.1) is 12.8 Å². The topological polar surface area (TPSA) is 40.5 Å². The number of benzene rings is 1. The van der Waals surface area contributed by atoms with Crippen molar-refractivity contribution >= 4 is 5.91 Å². The van der Waals surface area contributed by atoms with E-state index in [1.807, 2.05) is 30.0 Å². The molecule has 19 heavy (non-hydrogen) atoms. The molecule has 0 aliphatic carbocycles. The molecule has 1 aromatic carbocycles. The Morgan fingerprint density at radius 1 is 1.47 bits per heavy atom. The van der Waals surface area contributed by atoms with Crippen LogP contribution >= 0.6 is 0 Å². The number of carbonyl (C=O) groups excluding carboxylic acids is 1. The van der Waals surface area contributed by atoms with Gasteiger partial charge < -0.3 is 10.0 Å². The molecule has 2 unspecified atom stereocenters. The molecule has 1 saturated heterocycles. The van der Waals surface area contributed by atoms with E-state index in [1.165, 1.54) is 5.56 Å². The summed E-state index contributed by atoms with van der Waals surface area (Å²) < 4.78 is 0. The van der Waals surface area contributed by atoms with Crippen molar-refractivity contribution in [2.24, 2.45) is 5.92 Å². The van der Waals surface area contributed by atoms with Gasteiger partial charge in [0, 0.05) is 19.0 Å². The number of amides is 1. The summed E-state index contributed by atoms with van der Waals surface area (Å²) in [6, 6.07) is 8.10. The highest BCUT2D eigenvalue weighted by Crippen LogP contribution is 2.20. The second-order valence-corrected chi connectivity index (χ2v) is 5.53. The first-order chi connectivity index (χ1) is 9.10. The Balaban J connectivity index is 1.97. The molecule has 1 fully saturated rings. The van der Waals surface area contributed by atoms with Gasteiger partial charge in [-0.05, 0) is 25.3 Å². The molecule has 0 saturated carbocycles. The average Bonchev–Trinajstić information content (AvgIpc) is 2.39. The van der Waals surface area contributed by atoms with E-state index in [9.17, 15) is 9.90 Å². The van der Waals surface area contributed by atoms with E-state index in [1.54, 1.807) is 0 Å². The van der Waals surface area contributed by atoms with E-state index in [0.29, 0.717) is 25.9 Å². The zero-order chi connectivity index (χ0) is 13.8. The predicted octanol–water partition coefficient (Wildman–Crippen LogP) is 2.16. The van der Waals surface area contributed by atoms with Crippen molar-refractivity contribution in [2.75, 3.05) is 13.1 Å². The fourth-order valence-corrected chi connectivity index (χ4v) is 2.76. The number of aryl methyl sites for hydroxylation is 1. The molecule has 0 radical (unpaired) electrons. The Bertz CT molecular complexity index is 444. The van der Waals surface area contributed by atoms with Crippen molar-refractivity contribution in [1.29, 1.82) is 0 Å². The molecule has 2 rings (SSSR count). The summed E-state index contributed by atoms with van der Waals surface area (Å²) in [5, 5.41) is 9.86. The quantitative estimate of drug-likeness (QED) is 0.905. The molecule has 3 heteroatoms. The standard InChI is InChI=1S/C16H23NO2/c1-3-14-11-17(8-7-15(14)18)16(19)10-13-6-4-5-12(2)9-13/h4-6,9,14-15,18H,3,7-8,10-11H2,1-2H3. The molecule has 0 bridgehead atoms. The van der Waals surface area contributed by atoms with Crippen LogP contribution in [0.15, 0.2) is 24.3 Å². The van der Waals surface area contributed by atoms with E-state index in [0.717, 1.165) is 12.0 Å². The maximum atomic E-state index is 12.3. The number of likely N-dealkylation sites (tertiary alicyclic amines) is 1. The molecular formula is C16H23NO2. The SMILES string of the molecule is CCC1CN(C(=O)Cc2cccc(C)c2)CCC1O. The van der Waals surface area contributed by atoms with Gasteiger partial charge in [0.15, 0.2) is 0 Å². The van der Waals surface area contributed by atoms with Crippen LogP contribution in [0.2, 0.25) is 0 Å². The highest BCUT2D eigenvalue weighted by Gasteiger charge is 2.28. The lowest BCUT2D eigenvalue weighted by Gasteiger charge is -2.35. The Morgan fingerprint density at radius 3 is 2.95 bits per heavy atom. The number of aliphatic hydroxyl groups is 1. The molecule has 104 valence electrons. The first-order valence-corrected chi connectivity index (χ1v) is 7.11. The lowest BCUT2D eigenvalue weighted by molar-refractivity contribution is -0.134. The highest BCUT2D eigenvalue weighted by atomic mass is 16.3. The van der Waals surface area contributed by atoms with Crippen LogP contribution in [0.25, 0.3) is 0 Å². The fourth-order valence-electron chi connectivity index (χ4n) is 2.76. The van der Waals surface area contributed by atoms with Gasteiger partial charge in [-0.15, -0.1) is 0 Å². The average molecular weight is 261 g/mol. The number of hydrogen-bond donors (Lipinski definition) is 1. The molecule has 1 heterocycles. The van der Waals surface area contributed by atoms with Gasteiger partial charge in [-0.25, -0.2) is 0 Å². The summed E-state index contributed by atoms with van der Waals surface area (Å²) in [7, 11) is 0. The van der Waals surface area contributed by atoms with Gasteiger partial charge in [-0.3, -0.25) is 4.79 Å². The largest absolute Gasteiger partial charge is 0.393 e. The van der Waals surface area contributed by atoms with Gasteiger partial charge in [0.05, 0.1) is 12.5 Å². The minimum Gasteiger partial charge on any atom is -0.393 e. The molecular weight excluding hydrogens is 238 g/mol. The smallest absolute Gasteiger partial charge is 0.227 e. The van der Waals surface area contributed by atoms with Gasteiger partial charge in [0.25, 0.3) is 0 Å². The summed E-state index contributed by atoms with van der Waals surface area (Å²) in [6.45, 7) is 5.49. The Morgan fingerprint density at radius 2 is 2.26 bits per heavy atom. The van der Waals surface area contributed by atoms with Crippen molar-refractivity contribution in [3.05, 3.63) is 35.4 Å². The van der Waals surface area contributed by atoms with Crippen LogP contribution in [0.4, 0.5) is 0 Å². The van der Waals surface area contributed by atoms with E-state index in [4.69, 9.17) is 0 Å². The van der Waals surface area contributed by atoms with Crippen LogP contribution in [0.5, 0.6) is 0 Å². The number of nitrogens with zero attached hydrogens (tertiary/aromatic N) is 1. The number of piperidine rings is 1. The maximum Gasteiger partial charge on any atom is 0.227 e. The van der Waals surface area contributed by atoms with Crippen molar-refractivity contribution < 1.29 is 9.90 Å². The third-order valence-corrected chi connectivity index (χ3v) is 4.01. The Hall–Kier alpha value is -1.35. The molecule has 1 aliphatic heterocycles. The number of aliphatic hydroxyl groups excluding tert-OH is 1. The summed E-state index contributed by atoms with van der Waals surface area (Å²) in [6.07, 6.45) is 1.86. The molecule has 1 aromatic rings. The third-order valence-electron chi connectivity index (χ3n) is 4.01. The molecule has 2 atom stereocenters. The summed E-state index contributed by atoms with van der Waals surface area (Å²) >= 11 is 0. The summed E-state index contributed by atoms with van der Waals surface area (Å²) in [5.74, 6) is 0.408. The van der Waals surface area contributed by atoms with E-state index in [2.05, 4.69) is 13.0 Å². The lowest BCUT2D eigenvalue weighted by Crippen LogP contribution is -2.46. The Labute approximate surface area is 115 Å². The highest BCUT2D eigenvalue weighted by molar-refractivity contribution is 5.79. The van der Waals surface area contributed by atoms with Crippen molar-refractivity contribution in [1.82, 2.24) is 4.90 Å². The minimum atomic E-state index is -0.243. The molecule has 1 aliphatic rings. The van der Waals surface area contributed by atoms with Gasteiger partial charge in [0.2, 0.25) is 5.91 Å². The monoisotopic (exact) mass is 261 g/mol. The summed E-state index contributed by atoms with van der Waals surface area (Å²) in [5.41, 5.74) is 2.26. The second-order valence-electron chi connectivity index (χ2n) is 5.53. The zero-order valence-corrected chi connectivity index (χ0v) is 11.8. The normalized spacial score (nSPS) is 23.4. The van der Waals surface area contributed by atoms with Gasteiger partial charge in [0.1, 0.15) is 0 Å². The maximum absolute atomic E-state index is 12.3. The molecule has 0 spiro atoms. The van der Waals surface area contributed by atoms with Crippen LogP contribution in [-0.2, 0) is 11.2 Å². The zero-order valence-electron chi connectivity index (χ0n) is 11.8. The van der Waals surface area contributed by atoms with Crippen LogP contribution in [0.3, 0.4) is 0 Å². The van der Waals surface area contributed by atoms with E-state index >= 15 is 0 Å². The fraction of sp³-hybridized carbons (Fsp3) is 0.562. The second kappa shape index (κ2) is 6.20. The number of hydrogen-bond acceptors (Lipinski definition) is 2. The first kappa shape index (κ1) is 14.1.